The number of carbonyl (C=O) groups is 1. The van der Waals surface area contributed by atoms with E-state index in [-0.39, 0.29) is 25.2 Å². The molecule has 0 bridgehead atoms. The molecule has 0 saturated heterocycles. The molecule has 0 radical (unpaired) electrons. The molecule has 0 fully saturated rings. The van der Waals surface area contributed by atoms with Gasteiger partial charge in [-0.15, -0.1) is 0 Å². The Morgan fingerprint density at radius 3 is 2.35 bits per heavy atom. The molecule has 0 aromatic heterocycles. The molecule has 2 rings (SSSR count). The lowest BCUT2D eigenvalue weighted by Gasteiger charge is -2.12. The Bertz CT molecular complexity index is 692. The van der Waals surface area contributed by atoms with Crippen molar-refractivity contribution in [3.8, 4) is 11.5 Å². The largest absolute Gasteiger partial charge is 0.493 e. The molecule has 140 valence electrons. The summed E-state index contributed by atoms with van der Waals surface area (Å²) in [7, 11) is 1.28. The molecule has 7 heteroatoms. The van der Waals surface area contributed by atoms with Crippen molar-refractivity contribution >= 4 is 5.97 Å². The summed E-state index contributed by atoms with van der Waals surface area (Å²) < 4.78 is 43.9. The fraction of sp³-hybridized carbons (Fsp3) is 0.316. The number of carbonyl (C=O) groups excluding carboxylic acids is 1. The van der Waals surface area contributed by atoms with Crippen LogP contribution >= 0.6 is 0 Å². The van der Waals surface area contributed by atoms with E-state index < -0.39 is 12.6 Å². The van der Waals surface area contributed by atoms with Crippen molar-refractivity contribution in [3.05, 3.63) is 59.7 Å². The molecule has 26 heavy (non-hydrogen) atoms. The van der Waals surface area contributed by atoms with Gasteiger partial charge in [0, 0.05) is 12.5 Å². The van der Waals surface area contributed by atoms with Crippen LogP contribution in [0.2, 0.25) is 0 Å². The topological polar surface area (TPSA) is 54.0 Å². The molecule has 0 amide bonds. The SMILES string of the molecule is COC(=O)c1cc(OCCCOC(F)F)cc(OCc2ccccc2)c1. The third kappa shape index (κ3) is 6.68. The minimum Gasteiger partial charge on any atom is -0.493 e. The first kappa shape index (κ1) is 19.7. The zero-order valence-electron chi connectivity index (χ0n) is 14.3. The number of esters is 1. The second-order valence-corrected chi connectivity index (χ2v) is 5.29. The van der Waals surface area contributed by atoms with Gasteiger partial charge in [0.2, 0.25) is 0 Å². The maximum absolute atomic E-state index is 11.9. The van der Waals surface area contributed by atoms with E-state index in [1.54, 1.807) is 12.1 Å². The second-order valence-electron chi connectivity index (χ2n) is 5.29. The van der Waals surface area contributed by atoms with E-state index in [9.17, 15) is 13.6 Å². The highest BCUT2D eigenvalue weighted by Gasteiger charge is 2.11. The first-order chi connectivity index (χ1) is 12.6. The van der Waals surface area contributed by atoms with E-state index in [0.29, 0.717) is 18.1 Å². The highest BCUT2D eigenvalue weighted by Crippen LogP contribution is 2.24. The average Bonchev–Trinajstić information content (AvgIpc) is 2.66. The van der Waals surface area contributed by atoms with Crippen LogP contribution in [0.4, 0.5) is 8.78 Å². The number of hydrogen-bond acceptors (Lipinski definition) is 5. The van der Waals surface area contributed by atoms with Crippen LogP contribution in [-0.4, -0.2) is 32.9 Å². The van der Waals surface area contributed by atoms with Crippen LogP contribution in [0.1, 0.15) is 22.3 Å². The van der Waals surface area contributed by atoms with Gasteiger partial charge in [-0.25, -0.2) is 4.79 Å². The molecule has 0 saturated carbocycles. The van der Waals surface area contributed by atoms with Gasteiger partial charge < -0.3 is 18.9 Å². The molecule has 0 spiro atoms. The van der Waals surface area contributed by atoms with Crippen molar-refractivity contribution in [1.82, 2.24) is 0 Å². The number of benzene rings is 2. The van der Waals surface area contributed by atoms with E-state index in [1.807, 2.05) is 30.3 Å². The van der Waals surface area contributed by atoms with Gasteiger partial charge in [0.15, 0.2) is 0 Å². The summed E-state index contributed by atoms with van der Waals surface area (Å²) in [6, 6.07) is 14.2. The Kier molecular flexibility index (Phi) is 7.82. The van der Waals surface area contributed by atoms with Crippen LogP contribution < -0.4 is 9.47 Å². The summed E-state index contributed by atoms with van der Waals surface area (Å²) in [5.41, 5.74) is 1.25. The van der Waals surface area contributed by atoms with Gasteiger partial charge in [-0.2, -0.15) is 8.78 Å². The predicted molar refractivity (Wildman–Crippen MR) is 90.6 cm³/mol. The van der Waals surface area contributed by atoms with E-state index in [0.717, 1.165) is 5.56 Å². The summed E-state index contributed by atoms with van der Waals surface area (Å²) in [6.07, 6.45) is 0.285. The Balaban J connectivity index is 2.00. The van der Waals surface area contributed by atoms with Crippen LogP contribution in [0.5, 0.6) is 11.5 Å². The smallest absolute Gasteiger partial charge is 0.345 e. The van der Waals surface area contributed by atoms with E-state index >= 15 is 0 Å². The van der Waals surface area contributed by atoms with Gasteiger partial charge in [-0.1, -0.05) is 30.3 Å². The number of methoxy groups -OCH3 is 1. The van der Waals surface area contributed by atoms with Crippen molar-refractivity contribution in [2.45, 2.75) is 19.6 Å². The average molecular weight is 366 g/mol. The molecule has 0 heterocycles. The van der Waals surface area contributed by atoms with Gasteiger partial charge >= 0.3 is 12.6 Å². The first-order valence-corrected chi connectivity index (χ1v) is 8.01. The van der Waals surface area contributed by atoms with Crippen molar-refractivity contribution in [3.63, 3.8) is 0 Å². The zero-order chi connectivity index (χ0) is 18.8. The van der Waals surface area contributed by atoms with Crippen LogP contribution in [0.15, 0.2) is 48.5 Å². The molecule has 0 N–H and O–H groups in total. The van der Waals surface area contributed by atoms with Gasteiger partial charge in [0.05, 0.1) is 25.9 Å². The lowest BCUT2D eigenvalue weighted by atomic mass is 10.2. The van der Waals surface area contributed by atoms with E-state index in [1.165, 1.54) is 13.2 Å². The molecule has 2 aromatic rings. The van der Waals surface area contributed by atoms with Gasteiger partial charge in [0.1, 0.15) is 18.1 Å². The lowest BCUT2D eigenvalue weighted by Crippen LogP contribution is -2.07. The number of halogens is 2. The third-order valence-corrected chi connectivity index (χ3v) is 3.35. The highest BCUT2D eigenvalue weighted by molar-refractivity contribution is 5.90. The standard InChI is InChI=1S/C19H20F2O5/c1-23-18(22)15-10-16(24-8-5-9-25-19(20)21)12-17(11-15)26-13-14-6-3-2-4-7-14/h2-4,6-7,10-12,19H,5,8-9,13H2,1H3. The number of hydrogen-bond donors (Lipinski definition) is 0. The maximum Gasteiger partial charge on any atom is 0.345 e. The maximum atomic E-state index is 11.9. The first-order valence-electron chi connectivity index (χ1n) is 8.01. The van der Waals surface area contributed by atoms with Gasteiger partial charge in [-0.3, -0.25) is 0 Å². The molecule has 2 aromatic carbocycles. The van der Waals surface area contributed by atoms with Crippen molar-refractivity contribution < 1.29 is 32.5 Å². The van der Waals surface area contributed by atoms with Crippen LogP contribution in [0, 0.1) is 0 Å². The molecule has 0 aliphatic carbocycles. The molecule has 5 nitrogen and oxygen atoms in total. The second kappa shape index (κ2) is 10.4. The minimum atomic E-state index is -2.80. The molecule has 0 aliphatic heterocycles. The summed E-state index contributed by atoms with van der Waals surface area (Å²) in [5.74, 6) is 0.296. The van der Waals surface area contributed by atoms with Crippen molar-refractivity contribution in [2.75, 3.05) is 20.3 Å². The number of alkyl halides is 2. The Hall–Kier alpha value is -2.67. The Morgan fingerprint density at radius 1 is 1.00 bits per heavy atom. The normalized spacial score (nSPS) is 10.6. The molecular formula is C19H20F2O5. The van der Waals surface area contributed by atoms with Gasteiger partial charge in [0.25, 0.3) is 0 Å². The van der Waals surface area contributed by atoms with Gasteiger partial charge in [-0.05, 0) is 17.7 Å². The monoisotopic (exact) mass is 366 g/mol. The Morgan fingerprint density at radius 2 is 1.69 bits per heavy atom. The number of ether oxygens (including phenoxy) is 4. The highest BCUT2D eigenvalue weighted by atomic mass is 19.3. The third-order valence-electron chi connectivity index (χ3n) is 3.35. The summed E-state index contributed by atoms with van der Waals surface area (Å²) >= 11 is 0. The van der Waals surface area contributed by atoms with E-state index in [2.05, 4.69) is 4.74 Å². The predicted octanol–water partition coefficient (Wildman–Crippen LogP) is 4.06. The molecular weight excluding hydrogens is 346 g/mol. The summed E-state index contributed by atoms with van der Waals surface area (Å²) in [5, 5.41) is 0. The number of rotatable bonds is 10. The van der Waals surface area contributed by atoms with Crippen LogP contribution in [0.25, 0.3) is 0 Å². The summed E-state index contributed by atoms with van der Waals surface area (Å²) in [6.45, 7) is -2.43. The minimum absolute atomic E-state index is 0.119. The fourth-order valence-corrected chi connectivity index (χ4v) is 2.14. The van der Waals surface area contributed by atoms with Crippen LogP contribution in [-0.2, 0) is 16.1 Å². The molecule has 0 aliphatic rings. The quantitative estimate of drug-likeness (QED) is 0.469. The lowest BCUT2D eigenvalue weighted by molar-refractivity contribution is -0.130. The Labute approximate surface area is 150 Å². The van der Waals surface area contributed by atoms with Crippen molar-refractivity contribution in [2.24, 2.45) is 0 Å². The molecule has 0 atom stereocenters. The zero-order valence-corrected chi connectivity index (χ0v) is 14.3. The van der Waals surface area contributed by atoms with Crippen LogP contribution in [0.3, 0.4) is 0 Å². The fourth-order valence-electron chi connectivity index (χ4n) is 2.14. The molecule has 0 unspecified atom stereocenters. The van der Waals surface area contributed by atoms with E-state index in [4.69, 9.17) is 14.2 Å². The van der Waals surface area contributed by atoms with Crippen molar-refractivity contribution in [1.29, 1.82) is 0 Å². The summed E-state index contributed by atoms with van der Waals surface area (Å²) in [4.78, 5) is 11.8.